The summed E-state index contributed by atoms with van der Waals surface area (Å²) in [5.41, 5.74) is 7.78. The van der Waals surface area contributed by atoms with E-state index in [1.165, 1.54) is 16.0 Å². The summed E-state index contributed by atoms with van der Waals surface area (Å²) < 4.78 is 0. The number of fused-ring (bicyclic) bond motifs is 1. The number of rotatable bonds is 2. The van der Waals surface area contributed by atoms with Crippen molar-refractivity contribution in [1.82, 2.24) is 0 Å². The van der Waals surface area contributed by atoms with E-state index in [9.17, 15) is 4.79 Å². The van der Waals surface area contributed by atoms with Gasteiger partial charge in [0.1, 0.15) is 0 Å². The summed E-state index contributed by atoms with van der Waals surface area (Å²) in [6.45, 7) is 2.07. The van der Waals surface area contributed by atoms with Gasteiger partial charge in [-0.2, -0.15) is 0 Å². The molecule has 0 atom stereocenters. The van der Waals surface area contributed by atoms with Gasteiger partial charge in [0.05, 0.1) is 6.42 Å². The van der Waals surface area contributed by atoms with E-state index in [1.807, 2.05) is 6.08 Å². The Morgan fingerprint density at radius 3 is 3.07 bits per heavy atom. The van der Waals surface area contributed by atoms with Gasteiger partial charge in [0.2, 0.25) is 5.91 Å². The highest BCUT2D eigenvalue weighted by Gasteiger charge is 2.14. The van der Waals surface area contributed by atoms with Crippen molar-refractivity contribution >= 4 is 23.3 Å². The lowest BCUT2D eigenvalue weighted by molar-refractivity contribution is -0.117. The van der Waals surface area contributed by atoms with Crippen LogP contribution in [0, 0.1) is 6.92 Å². The Labute approximate surface area is 93.1 Å². The van der Waals surface area contributed by atoms with E-state index in [0.29, 0.717) is 6.42 Å². The summed E-state index contributed by atoms with van der Waals surface area (Å²) in [7, 11) is 0. The lowest BCUT2D eigenvalue weighted by Crippen LogP contribution is -2.13. The number of nitrogens with two attached hydrogens (primary N) is 1. The molecule has 1 aromatic rings. The largest absolute Gasteiger partial charge is 0.369 e. The summed E-state index contributed by atoms with van der Waals surface area (Å²) >= 11 is 1.68. The van der Waals surface area contributed by atoms with E-state index in [1.54, 1.807) is 11.3 Å². The molecular formula is C12H13NOS. The van der Waals surface area contributed by atoms with Crippen LogP contribution in [0.4, 0.5) is 0 Å². The SMILES string of the molecule is Cc1c(CC(N)=O)sc2c1CC=CC=C2. The van der Waals surface area contributed by atoms with E-state index < -0.39 is 0 Å². The van der Waals surface area contributed by atoms with Crippen molar-refractivity contribution in [2.45, 2.75) is 19.8 Å². The topological polar surface area (TPSA) is 43.1 Å². The summed E-state index contributed by atoms with van der Waals surface area (Å²) in [4.78, 5) is 13.3. The minimum absolute atomic E-state index is 0.256. The molecule has 0 aliphatic heterocycles. The molecule has 3 heteroatoms. The fourth-order valence-corrected chi connectivity index (χ4v) is 3.01. The molecule has 0 bridgehead atoms. The Hall–Kier alpha value is -1.35. The van der Waals surface area contributed by atoms with Crippen LogP contribution in [0.1, 0.15) is 20.9 Å². The average molecular weight is 219 g/mol. The quantitative estimate of drug-likeness (QED) is 0.814. The van der Waals surface area contributed by atoms with Gasteiger partial charge in [0.25, 0.3) is 0 Å². The van der Waals surface area contributed by atoms with Gasteiger partial charge >= 0.3 is 0 Å². The molecule has 0 saturated heterocycles. The lowest BCUT2D eigenvalue weighted by Gasteiger charge is -1.98. The number of carbonyl (C=O) groups is 1. The minimum atomic E-state index is -0.256. The smallest absolute Gasteiger partial charge is 0.222 e. The van der Waals surface area contributed by atoms with E-state index in [4.69, 9.17) is 5.73 Å². The fourth-order valence-electron chi connectivity index (χ4n) is 1.75. The Morgan fingerprint density at radius 1 is 1.53 bits per heavy atom. The summed E-state index contributed by atoms with van der Waals surface area (Å²) in [6, 6.07) is 0. The molecule has 0 saturated carbocycles. The van der Waals surface area contributed by atoms with Gasteiger partial charge in [-0.3, -0.25) is 4.79 Å². The number of amides is 1. The second kappa shape index (κ2) is 4.03. The zero-order valence-corrected chi connectivity index (χ0v) is 9.43. The third kappa shape index (κ3) is 2.02. The van der Waals surface area contributed by atoms with Crippen LogP contribution in [0.15, 0.2) is 18.2 Å². The molecule has 2 nitrogen and oxygen atoms in total. The number of thiophene rings is 1. The molecular weight excluding hydrogens is 206 g/mol. The van der Waals surface area contributed by atoms with Crippen molar-refractivity contribution in [3.63, 3.8) is 0 Å². The predicted molar refractivity (Wildman–Crippen MR) is 63.8 cm³/mol. The average Bonchev–Trinajstić information content (AvgIpc) is 2.40. The van der Waals surface area contributed by atoms with Gasteiger partial charge in [-0.15, -0.1) is 11.3 Å². The van der Waals surface area contributed by atoms with Crippen LogP contribution in [0.2, 0.25) is 0 Å². The monoisotopic (exact) mass is 219 g/mol. The van der Waals surface area contributed by atoms with E-state index >= 15 is 0 Å². The summed E-state index contributed by atoms with van der Waals surface area (Å²) in [5, 5.41) is 0. The van der Waals surface area contributed by atoms with E-state index in [2.05, 4.69) is 25.2 Å². The molecule has 0 spiro atoms. The van der Waals surface area contributed by atoms with Gasteiger partial charge in [-0.1, -0.05) is 18.2 Å². The van der Waals surface area contributed by atoms with Crippen molar-refractivity contribution < 1.29 is 4.79 Å². The molecule has 0 unspecified atom stereocenters. The third-order valence-electron chi connectivity index (χ3n) is 2.55. The van der Waals surface area contributed by atoms with Crippen LogP contribution in [0.5, 0.6) is 0 Å². The Bertz CT molecular complexity index is 454. The van der Waals surface area contributed by atoms with E-state index in [0.717, 1.165) is 11.3 Å². The number of primary amides is 1. The number of carbonyl (C=O) groups excluding carboxylic acids is 1. The molecule has 2 rings (SSSR count). The predicted octanol–water partition coefficient (Wildman–Crippen LogP) is 2.21. The highest BCUT2D eigenvalue weighted by atomic mass is 32.1. The molecule has 15 heavy (non-hydrogen) atoms. The summed E-state index contributed by atoms with van der Waals surface area (Å²) in [6.07, 6.45) is 9.64. The summed E-state index contributed by atoms with van der Waals surface area (Å²) in [5.74, 6) is -0.256. The third-order valence-corrected chi connectivity index (χ3v) is 3.85. The van der Waals surface area contributed by atoms with Crippen molar-refractivity contribution in [3.8, 4) is 0 Å². The minimum Gasteiger partial charge on any atom is -0.369 e. The first-order valence-electron chi connectivity index (χ1n) is 4.91. The van der Waals surface area contributed by atoms with Crippen LogP contribution in [-0.4, -0.2) is 5.91 Å². The number of hydrogen-bond acceptors (Lipinski definition) is 2. The fraction of sp³-hybridized carbons (Fsp3) is 0.250. The molecule has 1 aliphatic rings. The molecule has 1 aromatic heterocycles. The van der Waals surface area contributed by atoms with Crippen LogP contribution >= 0.6 is 11.3 Å². The zero-order valence-electron chi connectivity index (χ0n) is 8.62. The molecule has 2 N–H and O–H groups in total. The molecule has 0 aromatic carbocycles. The standard InChI is InChI=1S/C12H13NOS/c1-8-9-5-3-2-4-6-10(9)15-11(8)7-12(13)14/h2-4,6H,5,7H2,1H3,(H2,13,14). The van der Waals surface area contributed by atoms with Gasteiger partial charge < -0.3 is 5.73 Å². The number of hydrogen-bond donors (Lipinski definition) is 1. The van der Waals surface area contributed by atoms with Gasteiger partial charge in [-0.25, -0.2) is 0 Å². The lowest BCUT2D eigenvalue weighted by atomic mass is 10.1. The second-order valence-electron chi connectivity index (χ2n) is 3.63. The second-order valence-corrected chi connectivity index (χ2v) is 4.76. The Balaban J connectivity index is 2.41. The van der Waals surface area contributed by atoms with Crippen LogP contribution in [-0.2, 0) is 17.6 Å². The maximum Gasteiger partial charge on any atom is 0.222 e. The van der Waals surface area contributed by atoms with Crippen LogP contribution < -0.4 is 5.73 Å². The van der Waals surface area contributed by atoms with Crippen LogP contribution in [0.3, 0.4) is 0 Å². The highest BCUT2D eigenvalue weighted by Crippen LogP contribution is 2.31. The molecule has 0 fully saturated rings. The highest BCUT2D eigenvalue weighted by molar-refractivity contribution is 7.13. The molecule has 1 aliphatic carbocycles. The maximum absolute atomic E-state index is 10.9. The van der Waals surface area contributed by atoms with Gasteiger partial charge in [0, 0.05) is 9.75 Å². The molecule has 1 heterocycles. The van der Waals surface area contributed by atoms with Crippen molar-refractivity contribution in [2.24, 2.45) is 5.73 Å². The first-order valence-corrected chi connectivity index (χ1v) is 5.73. The van der Waals surface area contributed by atoms with Crippen molar-refractivity contribution in [3.05, 3.63) is 39.1 Å². The molecule has 1 amide bonds. The maximum atomic E-state index is 10.9. The van der Waals surface area contributed by atoms with E-state index in [-0.39, 0.29) is 5.91 Å². The van der Waals surface area contributed by atoms with Gasteiger partial charge in [-0.05, 0) is 30.5 Å². The first kappa shape index (κ1) is 10.2. The Kier molecular flexibility index (Phi) is 2.73. The van der Waals surface area contributed by atoms with Crippen LogP contribution in [0.25, 0.3) is 6.08 Å². The molecule has 78 valence electrons. The molecule has 0 radical (unpaired) electrons. The zero-order chi connectivity index (χ0) is 10.8. The first-order chi connectivity index (χ1) is 7.18. The number of allylic oxidation sites excluding steroid dienone is 3. The van der Waals surface area contributed by atoms with Gasteiger partial charge in [0.15, 0.2) is 0 Å². The Morgan fingerprint density at radius 2 is 2.33 bits per heavy atom. The van der Waals surface area contributed by atoms with Crippen molar-refractivity contribution in [2.75, 3.05) is 0 Å². The van der Waals surface area contributed by atoms with Crippen molar-refractivity contribution in [1.29, 1.82) is 0 Å². The normalized spacial score (nSPS) is 13.7.